The predicted octanol–water partition coefficient (Wildman–Crippen LogP) is 10.4. The summed E-state index contributed by atoms with van der Waals surface area (Å²) in [6, 6.07) is 17.5. The van der Waals surface area contributed by atoms with Gasteiger partial charge in [-0.25, -0.2) is 0 Å². The summed E-state index contributed by atoms with van der Waals surface area (Å²) >= 11 is 0. The van der Waals surface area contributed by atoms with Crippen molar-refractivity contribution < 1.29 is 9.47 Å². The van der Waals surface area contributed by atoms with E-state index in [0.29, 0.717) is 26.7 Å². The van der Waals surface area contributed by atoms with Crippen molar-refractivity contribution in [2.75, 3.05) is 39.6 Å². The Morgan fingerprint density at radius 1 is 0.429 bits per heavy atom. The minimum absolute atomic E-state index is 0.632. The monoisotopic (exact) mass is 580 g/mol. The van der Waals surface area contributed by atoms with Crippen LogP contribution in [0.25, 0.3) is 11.1 Å². The standard InChI is InChI=1S/C38H64N2O2/c1-5-9-13-15-21-29-39(27-11-7-3)33-41-31-35-23-17-19-25-37(35)38-26-20-18-24-36(38)32-42-34-40(28-12-8-4)30-22-16-14-10-6-2/h17-20,23-26H,5-16,21-22,27-34H2,1-4H3. The van der Waals surface area contributed by atoms with Gasteiger partial charge in [-0.05, 0) is 47.9 Å². The molecule has 0 fully saturated rings. The molecule has 0 N–H and O–H groups in total. The minimum atomic E-state index is 0.632. The van der Waals surface area contributed by atoms with Crippen LogP contribution < -0.4 is 0 Å². The molecule has 0 bridgehead atoms. The molecule has 42 heavy (non-hydrogen) atoms. The van der Waals surface area contributed by atoms with Gasteiger partial charge >= 0.3 is 0 Å². The van der Waals surface area contributed by atoms with Crippen molar-refractivity contribution in [3.05, 3.63) is 59.7 Å². The molecule has 0 aliphatic rings. The molecule has 4 nitrogen and oxygen atoms in total. The van der Waals surface area contributed by atoms with Crippen LogP contribution in [0.2, 0.25) is 0 Å². The quantitative estimate of drug-likeness (QED) is 0.0775. The molecule has 2 aromatic carbocycles. The van der Waals surface area contributed by atoms with Gasteiger partial charge in [0, 0.05) is 26.2 Å². The summed E-state index contributed by atoms with van der Waals surface area (Å²) in [5.41, 5.74) is 5.02. The van der Waals surface area contributed by atoms with E-state index in [0.717, 1.165) is 26.2 Å². The fraction of sp³-hybridized carbons (Fsp3) is 0.684. The second-order valence-electron chi connectivity index (χ2n) is 12.0. The van der Waals surface area contributed by atoms with Crippen LogP contribution in [0.3, 0.4) is 0 Å². The molecule has 2 rings (SSSR count). The van der Waals surface area contributed by atoms with Crippen molar-refractivity contribution >= 4 is 0 Å². The number of hydrogen-bond donors (Lipinski definition) is 0. The van der Waals surface area contributed by atoms with Gasteiger partial charge in [-0.1, -0.05) is 140 Å². The van der Waals surface area contributed by atoms with Crippen LogP contribution >= 0.6 is 0 Å². The largest absolute Gasteiger partial charge is 0.361 e. The molecule has 0 atom stereocenters. The van der Waals surface area contributed by atoms with E-state index < -0.39 is 0 Å². The van der Waals surface area contributed by atoms with Gasteiger partial charge in [-0.15, -0.1) is 0 Å². The normalized spacial score (nSPS) is 11.7. The van der Waals surface area contributed by atoms with E-state index in [9.17, 15) is 0 Å². The maximum atomic E-state index is 6.36. The van der Waals surface area contributed by atoms with Gasteiger partial charge in [0.05, 0.1) is 26.7 Å². The van der Waals surface area contributed by atoms with Gasteiger partial charge in [-0.2, -0.15) is 0 Å². The number of rotatable bonds is 27. The van der Waals surface area contributed by atoms with Crippen LogP contribution in [0, 0.1) is 0 Å². The maximum Gasteiger partial charge on any atom is 0.0994 e. The van der Waals surface area contributed by atoms with Crippen molar-refractivity contribution in [1.29, 1.82) is 0 Å². The zero-order valence-corrected chi connectivity index (χ0v) is 27.9. The Balaban J connectivity index is 1.96. The molecule has 2 aromatic rings. The van der Waals surface area contributed by atoms with Gasteiger partial charge in [0.15, 0.2) is 0 Å². The molecule has 4 heteroatoms. The number of unbranched alkanes of at least 4 members (excludes halogenated alkanes) is 10. The Labute approximate surface area is 260 Å². The number of ether oxygens (including phenoxy) is 2. The van der Waals surface area contributed by atoms with Gasteiger partial charge in [-0.3, -0.25) is 9.80 Å². The average Bonchev–Trinajstić information content (AvgIpc) is 3.02. The number of nitrogens with zero attached hydrogens (tertiary/aromatic N) is 2. The Morgan fingerprint density at radius 3 is 1.19 bits per heavy atom. The third-order valence-corrected chi connectivity index (χ3v) is 8.20. The number of benzene rings is 2. The fourth-order valence-electron chi connectivity index (χ4n) is 5.51. The molecule has 0 heterocycles. The lowest BCUT2D eigenvalue weighted by molar-refractivity contribution is 0.0167. The molecule has 0 aliphatic carbocycles. The minimum Gasteiger partial charge on any atom is -0.361 e. The summed E-state index contributed by atoms with van der Waals surface area (Å²) < 4.78 is 12.7. The van der Waals surface area contributed by atoms with Crippen molar-refractivity contribution in [2.45, 2.75) is 131 Å². The number of hydrogen-bond acceptors (Lipinski definition) is 4. The predicted molar refractivity (Wildman–Crippen MR) is 182 cm³/mol. The maximum absolute atomic E-state index is 6.36. The summed E-state index contributed by atoms with van der Waals surface area (Å²) in [7, 11) is 0. The lowest BCUT2D eigenvalue weighted by Gasteiger charge is -2.23. The molecule has 0 amide bonds. The third-order valence-electron chi connectivity index (χ3n) is 8.20. The Morgan fingerprint density at radius 2 is 0.786 bits per heavy atom. The molecular weight excluding hydrogens is 516 g/mol. The molecule has 0 saturated heterocycles. The highest BCUT2D eigenvalue weighted by Gasteiger charge is 2.12. The zero-order valence-electron chi connectivity index (χ0n) is 27.9. The van der Waals surface area contributed by atoms with Crippen LogP contribution in [0.1, 0.15) is 129 Å². The van der Waals surface area contributed by atoms with Crippen molar-refractivity contribution in [3.63, 3.8) is 0 Å². The first kappa shape index (κ1) is 36.5. The smallest absolute Gasteiger partial charge is 0.0994 e. The fourth-order valence-corrected chi connectivity index (χ4v) is 5.51. The molecule has 0 unspecified atom stereocenters. The van der Waals surface area contributed by atoms with Crippen LogP contribution in [0.4, 0.5) is 0 Å². The van der Waals surface area contributed by atoms with Gasteiger partial charge in [0.2, 0.25) is 0 Å². The molecule has 238 valence electrons. The van der Waals surface area contributed by atoms with Crippen molar-refractivity contribution in [3.8, 4) is 11.1 Å². The van der Waals surface area contributed by atoms with E-state index in [2.05, 4.69) is 86.0 Å². The van der Waals surface area contributed by atoms with Crippen molar-refractivity contribution in [1.82, 2.24) is 9.80 Å². The molecule has 0 spiro atoms. The van der Waals surface area contributed by atoms with Gasteiger partial charge in [0.1, 0.15) is 0 Å². The first-order valence-corrected chi connectivity index (χ1v) is 17.5. The van der Waals surface area contributed by atoms with E-state index in [1.54, 1.807) is 0 Å². The SMILES string of the molecule is CCCCCCCN(CCCC)COCc1ccccc1-c1ccccc1COCN(CCCC)CCCCCCC. The van der Waals surface area contributed by atoms with Crippen molar-refractivity contribution in [2.24, 2.45) is 0 Å². The van der Waals surface area contributed by atoms with E-state index in [1.165, 1.54) is 112 Å². The van der Waals surface area contributed by atoms with Crippen LogP contribution in [0.5, 0.6) is 0 Å². The van der Waals surface area contributed by atoms with E-state index in [1.807, 2.05) is 0 Å². The third kappa shape index (κ3) is 15.7. The molecular formula is C38H64N2O2. The molecule has 0 aliphatic heterocycles. The lowest BCUT2D eigenvalue weighted by Crippen LogP contribution is -2.29. The first-order valence-electron chi connectivity index (χ1n) is 17.5. The Kier molecular flexibility index (Phi) is 21.4. The van der Waals surface area contributed by atoms with E-state index in [4.69, 9.17) is 9.47 Å². The highest BCUT2D eigenvalue weighted by molar-refractivity contribution is 5.70. The second kappa shape index (κ2) is 24.7. The van der Waals surface area contributed by atoms with Gasteiger partial charge < -0.3 is 9.47 Å². The summed E-state index contributed by atoms with van der Waals surface area (Å²) in [5.74, 6) is 0. The van der Waals surface area contributed by atoms with Gasteiger partial charge in [0.25, 0.3) is 0 Å². The van der Waals surface area contributed by atoms with E-state index in [-0.39, 0.29) is 0 Å². The van der Waals surface area contributed by atoms with Crippen LogP contribution in [-0.4, -0.2) is 49.4 Å². The molecule has 0 aromatic heterocycles. The first-order chi connectivity index (χ1) is 20.7. The summed E-state index contributed by atoms with van der Waals surface area (Å²) in [6.07, 6.45) is 18.1. The Hall–Kier alpha value is -1.72. The zero-order chi connectivity index (χ0) is 30.1. The van der Waals surface area contributed by atoms with Crippen LogP contribution in [-0.2, 0) is 22.7 Å². The topological polar surface area (TPSA) is 24.9 Å². The molecule has 0 saturated carbocycles. The molecule has 0 radical (unpaired) electrons. The Bertz CT molecular complexity index is 829. The summed E-state index contributed by atoms with van der Waals surface area (Å²) in [5, 5.41) is 0. The average molecular weight is 581 g/mol. The summed E-state index contributed by atoms with van der Waals surface area (Å²) in [4.78, 5) is 5.02. The van der Waals surface area contributed by atoms with E-state index >= 15 is 0 Å². The highest BCUT2D eigenvalue weighted by Crippen LogP contribution is 2.28. The highest BCUT2D eigenvalue weighted by atomic mass is 16.5. The van der Waals surface area contributed by atoms with Crippen LogP contribution in [0.15, 0.2) is 48.5 Å². The summed E-state index contributed by atoms with van der Waals surface area (Å²) in [6.45, 7) is 16.3. The lowest BCUT2D eigenvalue weighted by atomic mass is 9.96. The second-order valence-corrected chi connectivity index (χ2v) is 12.0.